The predicted molar refractivity (Wildman–Crippen MR) is 116 cm³/mol. The van der Waals surface area contributed by atoms with E-state index in [0.717, 1.165) is 11.1 Å². The van der Waals surface area contributed by atoms with Gasteiger partial charge in [0, 0.05) is 17.1 Å². The number of ether oxygens (including phenoxy) is 1. The zero-order valence-electron chi connectivity index (χ0n) is 17.7. The van der Waals surface area contributed by atoms with Crippen LogP contribution in [0.2, 0.25) is 5.02 Å². The molecule has 1 atom stereocenters. The number of halogens is 1. The number of rotatable bonds is 7. The zero-order chi connectivity index (χ0) is 21.6. The number of para-hydroxylation sites is 1. The zero-order valence-corrected chi connectivity index (χ0v) is 18.4. The minimum Gasteiger partial charge on any atom is -0.484 e. The molecule has 0 fully saturated rings. The van der Waals surface area contributed by atoms with Crippen molar-refractivity contribution >= 4 is 23.4 Å². The van der Waals surface area contributed by atoms with Crippen molar-refractivity contribution in [3.63, 3.8) is 0 Å². The molecule has 29 heavy (non-hydrogen) atoms. The first-order valence-electron chi connectivity index (χ1n) is 9.61. The normalized spacial score (nSPS) is 12.2. The van der Waals surface area contributed by atoms with Crippen LogP contribution in [0.25, 0.3) is 0 Å². The van der Waals surface area contributed by atoms with Gasteiger partial charge < -0.3 is 15.0 Å². The lowest BCUT2D eigenvalue weighted by molar-refractivity contribution is -0.142. The molecule has 0 aliphatic carbocycles. The van der Waals surface area contributed by atoms with Crippen LogP contribution >= 0.6 is 11.6 Å². The molecule has 0 saturated heterocycles. The molecule has 2 amide bonds. The van der Waals surface area contributed by atoms with Gasteiger partial charge in [0.2, 0.25) is 5.91 Å². The van der Waals surface area contributed by atoms with Gasteiger partial charge in [0.15, 0.2) is 6.61 Å². The topological polar surface area (TPSA) is 58.6 Å². The molecular formula is C23H29ClN2O3. The third-order valence-electron chi connectivity index (χ3n) is 4.35. The molecule has 6 heteroatoms. The molecule has 0 aromatic heterocycles. The number of carbonyl (C=O) groups excluding carboxylic acids is 2. The molecule has 156 valence electrons. The van der Waals surface area contributed by atoms with Crippen molar-refractivity contribution in [3.05, 3.63) is 64.7 Å². The number of nitrogens with zero attached hydrogens (tertiary/aromatic N) is 1. The van der Waals surface area contributed by atoms with Gasteiger partial charge in [-0.05, 0) is 63.9 Å². The monoisotopic (exact) mass is 416 g/mol. The summed E-state index contributed by atoms with van der Waals surface area (Å²) in [6.45, 7) is 9.46. The smallest absolute Gasteiger partial charge is 0.261 e. The van der Waals surface area contributed by atoms with Crippen LogP contribution in [-0.4, -0.2) is 34.9 Å². The van der Waals surface area contributed by atoms with Gasteiger partial charge in [0.25, 0.3) is 5.91 Å². The summed E-state index contributed by atoms with van der Waals surface area (Å²) < 4.78 is 5.72. The van der Waals surface area contributed by atoms with E-state index in [1.807, 2.05) is 64.1 Å². The number of carbonyl (C=O) groups is 2. The van der Waals surface area contributed by atoms with Crippen molar-refractivity contribution in [2.45, 2.75) is 52.7 Å². The summed E-state index contributed by atoms with van der Waals surface area (Å²) >= 11 is 6.09. The Morgan fingerprint density at radius 2 is 1.83 bits per heavy atom. The predicted octanol–water partition coefficient (Wildman–Crippen LogP) is 4.36. The largest absolute Gasteiger partial charge is 0.484 e. The average Bonchev–Trinajstić information content (AvgIpc) is 2.63. The highest BCUT2D eigenvalue weighted by Gasteiger charge is 2.28. The van der Waals surface area contributed by atoms with E-state index in [1.165, 1.54) is 4.90 Å². The molecule has 0 saturated carbocycles. The lowest BCUT2D eigenvalue weighted by Gasteiger charge is -2.31. The van der Waals surface area contributed by atoms with Gasteiger partial charge >= 0.3 is 0 Å². The first kappa shape index (κ1) is 22.8. The van der Waals surface area contributed by atoms with Crippen molar-refractivity contribution in [2.24, 2.45) is 0 Å². The Bertz CT molecular complexity index is 861. The summed E-state index contributed by atoms with van der Waals surface area (Å²) in [6.07, 6.45) is 0. The fourth-order valence-corrected chi connectivity index (χ4v) is 3.04. The van der Waals surface area contributed by atoms with Crippen LogP contribution in [0.15, 0.2) is 48.5 Å². The summed E-state index contributed by atoms with van der Waals surface area (Å²) in [7, 11) is 0. The van der Waals surface area contributed by atoms with Gasteiger partial charge in [-0.15, -0.1) is 0 Å². The number of benzene rings is 2. The van der Waals surface area contributed by atoms with Gasteiger partial charge in [-0.1, -0.05) is 41.9 Å². The highest BCUT2D eigenvalue weighted by molar-refractivity contribution is 6.30. The first-order valence-corrected chi connectivity index (χ1v) is 9.99. The van der Waals surface area contributed by atoms with Crippen LogP contribution in [0.1, 0.15) is 38.8 Å². The molecule has 0 heterocycles. The summed E-state index contributed by atoms with van der Waals surface area (Å²) in [6, 6.07) is 14.1. The van der Waals surface area contributed by atoms with Crippen LogP contribution in [0.3, 0.4) is 0 Å². The van der Waals surface area contributed by atoms with Crippen LogP contribution in [0.5, 0.6) is 5.75 Å². The molecule has 0 bridgehead atoms. The average molecular weight is 417 g/mol. The van der Waals surface area contributed by atoms with Crippen LogP contribution in [0.4, 0.5) is 0 Å². The van der Waals surface area contributed by atoms with E-state index in [0.29, 0.717) is 10.8 Å². The third-order valence-corrected chi connectivity index (χ3v) is 4.59. The number of amides is 2. The molecule has 5 nitrogen and oxygen atoms in total. The standard InChI is InChI=1S/C23H29ClN2O3/c1-16-9-6-7-12-20(16)29-15-21(27)26(14-18-10-8-11-19(24)13-18)17(2)22(28)25-23(3,4)5/h6-13,17H,14-15H2,1-5H3,(H,25,28)/t17-/m0/s1. The van der Waals surface area contributed by atoms with E-state index < -0.39 is 11.6 Å². The van der Waals surface area contributed by atoms with Gasteiger partial charge in [0.1, 0.15) is 11.8 Å². The highest BCUT2D eigenvalue weighted by atomic mass is 35.5. The van der Waals surface area contributed by atoms with E-state index >= 15 is 0 Å². The third kappa shape index (κ3) is 7.09. The Morgan fingerprint density at radius 1 is 1.14 bits per heavy atom. The fraction of sp³-hybridized carbons (Fsp3) is 0.391. The second kappa shape index (κ2) is 9.79. The van der Waals surface area contributed by atoms with E-state index in [9.17, 15) is 9.59 Å². The van der Waals surface area contributed by atoms with Crippen molar-refractivity contribution in [2.75, 3.05) is 6.61 Å². The quantitative estimate of drug-likeness (QED) is 0.729. The second-order valence-corrected chi connectivity index (χ2v) is 8.56. The summed E-state index contributed by atoms with van der Waals surface area (Å²) in [5.41, 5.74) is 1.39. The molecule has 0 aliphatic heterocycles. The molecule has 0 unspecified atom stereocenters. The molecule has 2 aromatic rings. The lowest BCUT2D eigenvalue weighted by Crippen LogP contribution is -2.53. The Labute approximate surface area is 178 Å². The molecule has 2 rings (SSSR count). The molecule has 1 N–H and O–H groups in total. The Morgan fingerprint density at radius 3 is 2.45 bits per heavy atom. The SMILES string of the molecule is Cc1ccccc1OCC(=O)N(Cc1cccc(Cl)c1)[C@@H](C)C(=O)NC(C)(C)C. The number of hydrogen-bond acceptors (Lipinski definition) is 3. The van der Waals surface area contributed by atoms with Gasteiger partial charge in [-0.25, -0.2) is 0 Å². The number of hydrogen-bond donors (Lipinski definition) is 1. The highest BCUT2D eigenvalue weighted by Crippen LogP contribution is 2.18. The maximum atomic E-state index is 13.0. The van der Waals surface area contributed by atoms with E-state index in [1.54, 1.807) is 19.1 Å². The van der Waals surface area contributed by atoms with Crippen molar-refractivity contribution in [1.29, 1.82) is 0 Å². The van der Waals surface area contributed by atoms with Crippen molar-refractivity contribution in [1.82, 2.24) is 10.2 Å². The van der Waals surface area contributed by atoms with Crippen molar-refractivity contribution < 1.29 is 14.3 Å². The molecule has 2 aromatic carbocycles. The van der Waals surface area contributed by atoms with E-state index in [2.05, 4.69) is 5.32 Å². The lowest BCUT2D eigenvalue weighted by atomic mass is 10.1. The molecular weight excluding hydrogens is 388 g/mol. The molecule has 0 radical (unpaired) electrons. The van der Waals surface area contributed by atoms with Crippen LogP contribution in [0, 0.1) is 6.92 Å². The summed E-state index contributed by atoms with van der Waals surface area (Å²) in [4.78, 5) is 27.3. The summed E-state index contributed by atoms with van der Waals surface area (Å²) in [5, 5.41) is 3.52. The number of aryl methyl sites for hydroxylation is 1. The first-order chi connectivity index (χ1) is 13.6. The molecule has 0 spiro atoms. The van der Waals surface area contributed by atoms with Gasteiger partial charge in [-0.2, -0.15) is 0 Å². The maximum absolute atomic E-state index is 13.0. The van der Waals surface area contributed by atoms with Gasteiger partial charge in [-0.3, -0.25) is 9.59 Å². The maximum Gasteiger partial charge on any atom is 0.261 e. The van der Waals surface area contributed by atoms with Gasteiger partial charge in [0.05, 0.1) is 0 Å². The Balaban J connectivity index is 2.19. The Hall–Kier alpha value is -2.53. The van der Waals surface area contributed by atoms with E-state index in [-0.39, 0.29) is 25.0 Å². The minimum atomic E-state index is -0.666. The fourth-order valence-electron chi connectivity index (χ4n) is 2.83. The van der Waals surface area contributed by atoms with Crippen LogP contribution in [-0.2, 0) is 16.1 Å². The van der Waals surface area contributed by atoms with Crippen LogP contribution < -0.4 is 10.1 Å². The Kier molecular flexibility index (Phi) is 7.68. The van der Waals surface area contributed by atoms with E-state index in [4.69, 9.17) is 16.3 Å². The minimum absolute atomic E-state index is 0.154. The number of nitrogens with one attached hydrogen (secondary N) is 1. The summed E-state index contributed by atoms with van der Waals surface area (Å²) in [5.74, 6) is 0.156. The molecule has 0 aliphatic rings. The van der Waals surface area contributed by atoms with Crippen molar-refractivity contribution in [3.8, 4) is 5.75 Å². The second-order valence-electron chi connectivity index (χ2n) is 8.12.